The van der Waals surface area contributed by atoms with E-state index in [4.69, 9.17) is 10.2 Å². The van der Waals surface area contributed by atoms with E-state index in [1.54, 1.807) is 0 Å². The van der Waals surface area contributed by atoms with Crippen molar-refractivity contribution < 1.29 is 19.8 Å². The van der Waals surface area contributed by atoms with Gasteiger partial charge >= 0.3 is 11.9 Å². The Morgan fingerprint density at radius 1 is 1.00 bits per heavy atom. The molecule has 0 aliphatic rings. The van der Waals surface area contributed by atoms with Crippen LogP contribution in [0, 0.1) is 0 Å². The number of aliphatic carboxylic acids is 2. The maximum Gasteiger partial charge on any atom is 0.327 e. The molecule has 0 aliphatic heterocycles. The zero-order chi connectivity index (χ0) is 8.57. The quantitative estimate of drug-likeness (QED) is 0.454. The topological polar surface area (TPSA) is 74.6 Å². The van der Waals surface area contributed by atoms with Crippen LogP contribution in [0.2, 0.25) is 0 Å². The van der Waals surface area contributed by atoms with Crippen molar-refractivity contribution in [3.63, 3.8) is 0 Å². The van der Waals surface area contributed by atoms with Crippen LogP contribution in [0.5, 0.6) is 0 Å². The van der Waals surface area contributed by atoms with Crippen LogP contribution in [0.3, 0.4) is 0 Å². The molecule has 0 saturated heterocycles. The van der Waals surface area contributed by atoms with Gasteiger partial charge in [0.05, 0.1) is 0 Å². The van der Waals surface area contributed by atoms with Crippen LogP contribution in [0.4, 0.5) is 0 Å². The minimum absolute atomic E-state index is 0. The Morgan fingerprint density at radius 3 is 1.09 bits per heavy atom. The predicted octanol–water partition coefficient (Wildman–Crippen LogP) is 0.133. The summed E-state index contributed by atoms with van der Waals surface area (Å²) >= 11 is 0. The lowest BCUT2D eigenvalue weighted by molar-refractivity contribution is -0.132. The van der Waals surface area contributed by atoms with Gasteiger partial charge in [0.25, 0.3) is 0 Å². The van der Waals surface area contributed by atoms with Crippen molar-refractivity contribution >= 4 is 35.0 Å². The third kappa shape index (κ3) is 46.7. The average Bonchev–Trinajstić information content (AvgIpc) is 1.89. The Balaban J connectivity index is -0.000000107. The fourth-order valence-electron chi connectivity index (χ4n) is 0. The molecule has 58 valence electrons. The van der Waals surface area contributed by atoms with Gasteiger partial charge in [0, 0.05) is 35.2 Å². The van der Waals surface area contributed by atoms with Gasteiger partial charge in [0.15, 0.2) is 0 Å². The van der Waals surface area contributed by atoms with E-state index in [9.17, 15) is 9.59 Å². The number of carboxylic acids is 2. The van der Waals surface area contributed by atoms with E-state index in [2.05, 4.69) is 13.2 Å². The van der Waals surface area contributed by atoms with Crippen molar-refractivity contribution in [3.8, 4) is 0 Å². The lowest BCUT2D eigenvalue weighted by Crippen LogP contribution is -1.82. The number of hydrogen-bond acceptors (Lipinski definition) is 2. The van der Waals surface area contributed by atoms with Gasteiger partial charge in [0.1, 0.15) is 0 Å². The lowest BCUT2D eigenvalue weighted by Gasteiger charge is -1.64. The van der Waals surface area contributed by atoms with Gasteiger partial charge in [-0.3, -0.25) is 0 Å². The van der Waals surface area contributed by atoms with Gasteiger partial charge in [-0.2, -0.15) is 0 Å². The molecule has 2 N–H and O–H groups in total. The van der Waals surface area contributed by atoms with E-state index in [-0.39, 0.29) is 23.1 Å². The van der Waals surface area contributed by atoms with E-state index in [0.29, 0.717) is 0 Å². The second-order valence-corrected chi connectivity index (χ2v) is 1.08. The summed E-state index contributed by atoms with van der Waals surface area (Å²) < 4.78 is 0. The molecule has 11 heavy (non-hydrogen) atoms. The van der Waals surface area contributed by atoms with Crippen molar-refractivity contribution in [2.75, 3.05) is 0 Å². The summed E-state index contributed by atoms with van der Waals surface area (Å²) in [5.41, 5.74) is 0. The molecule has 0 bridgehead atoms. The zero-order valence-electron chi connectivity index (χ0n) is 5.99. The van der Waals surface area contributed by atoms with E-state index >= 15 is 0 Å². The molecule has 0 unspecified atom stereocenters. The number of carbonyl (C=O) groups is 2. The second-order valence-electron chi connectivity index (χ2n) is 1.08. The van der Waals surface area contributed by atoms with Gasteiger partial charge in [-0.15, -0.1) is 0 Å². The molecule has 0 rings (SSSR count). The molecule has 2 radical (unpaired) electrons. The van der Waals surface area contributed by atoms with E-state index < -0.39 is 11.9 Å². The Hall–Kier alpha value is -0.814. The van der Waals surface area contributed by atoms with Crippen molar-refractivity contribution in [2.24, 2.45) is 0 Å². The predicted molar refractivity (Wildman–Crippen MR) is 41.4 cm³/mol. The third-order valence-electron chi connectivity index (χ3n) is 0.349. The molecule has 0 saturated carbocycles. The standard InChI is InChI=1S/2C3H4O2.Mg/c2*1-2-3(4)5;/h2*2H,1H2,(H,4,5);. The first-order valence-corrected chi connectivity index (χ1v) is 2.25. The van der Waals surface area contributed by atoms with Crippen LogP contribution < -0.4 is 0 Å². The Labute approximate surface area is 80.4 Å². The smallest absolute Gasteiger partial charge is 0.327 e. The molecule has 0 amide bonds. The van der Waals surface area contributed by atoms with Crippen molar-refractivity contribution in [3.05, 3.63) is 25.3 Å². The second kappa shape index (κ2) is 11.9. The van der Waals surface area contributed by atoms with Crippen LogP contribution >= 0.6 is 0 Å². The van der Waals surface area contributed by atoms with Crippen LogP contribution in [-0.4, -0.2) is 45.2 Å². The molecule has 0 aliphatic carbocycles. The average molecular weight is 168 g/mol. The summed E-state index contributed by atoms with van der Waals surface area (Å²) in [6.07, 6.45) is 1.67. The molecule has 4 nitrogen and oxygen atoms in total. The van der Waals surface area contributed by atoms with Crippen LogP contribution in [-0.2, 0) is 9.59 Å². The Morgan fingerprint density at radius 2 is 1.09 bits per heavy atom. The minimum atomic E-state index is -0.981. The van der Waals surface area contributed by atoms with Gasteiger partial charge in [-0.05, 0) is 0 Å². The van der Waals surface area contributed by atoms with Crippen molar-refractivity contribution in [1.82, 2.24) is 0 Å². The Bertz CT molecular complexity index is 135. The molecule has 0 spiro atoms. The highest BCUT2D eigenvalue weighted by Crippen LogP contribution is 1.55. The number of hydrogen-bond donors (Lipinski definition) is 2. The molecule has 0 atom stereocenters. The molecule has 5 heteroatoms. The molecule has 0 heterocycles. The van der Waals surface area contributed by atoms with E-state index in [1.165, 1.54) is 0 Å². The summed E-state index contributed by atoms with van der Waals surface area (Å²) in [6, 6.07) is 0. The SMILES string of the molecule is C=CC(=O)O.C=CC(=O)O.[Mg]. The normalized spacial score (nSPS) is 5.82. The summed E-state index contributed by atoms with van der Waals surface area (Å²) in [4.78, 5) is 18.5. The molecule has 0 fully saturated rings. The maximum atomic E-state index is 9.25. The van der Waals surface area contributed by atoms with Gasteiger partial charge in [-0.25, -0.2) is 9.59 Å². The molecular weight excluding hydrogens is 160 g/mol. The first kappa shape index (κ1) is 16.6. The largest absolute Gasteiger partial charge is 0.478 e. The molecule has 0 aromatic heterocycles. The fraction of sp³-hybridized carbons (Fsp3) is 0. The number of rotatable bonds is 2. The summed E-state index contributed by atoms with van der Waals surface area (Å²) in [6.45, 7) is 5.92. The highest BCUT2D eigenvalue weighted by molar-refractivity contribution is 5.79. The van der Waals surface area contributed by atoms with E-state index in [0.717, 1.165) is 12.2 Å². The third-order valence-corrected chi connectivity index (χ3v) is 0.349. The van der Waals surface area contributed by atoms with Gasteiger partial charge in [-0.1, -0.05) is 13.2 Å². The van der Waals surface area contributed by atoms with Gasteiger partial charge < -0.3 is 10.2 Å². The van der Waals surface area contributed by atoms with Crippen LogP contribution in [0.15, 0.2) is 25.3 Å². The van der Waals surface area contributed by atoms with E-state index in [1.807, 2.05) is 0 Å². The Kier molecular flexibility index (Phi) is 18.0. The lowest BCUT2D eigenvalue weighted by atomic mass is 10.7. The maximum absolute atomic E-state index is 9.25. The molecule has 0 aromatic carbocycles. The highest BCUT2D eigenvalue weighted by Gasteiger charge is 1.73. The first-order chi connectivity index (χ1) is 4.54. The molecule has 0 aromatic rings. The first-order valence-electron chi connectivity index (χ1n) is 2.25. The van der Waals surface area contributed by atoms with Gasteiger partial charge in [0.2, 0.25) is 0 Å². The zero-order valence-corrected chi connectivity index (χ0v) is 7.40. The van der Waals surface area contributed by atoms with Crippen LogP contribution in [0.25, 0.3) is 0 Å². The van der Waals surface area contributed by atoms with Crippen molar-refractivity contribution in [1.29, 1.82) is 0 Å². The van der Waals surface area contributed by atoms with Crippen LogP contribution in [0.1, 0.15) is 0 Å². The summed E-state index contributed by atoms with van der Waals surface area (Å²) in [5.74, 6) is -1.96. The monoisotopic (exact) mass is 168 g/mol. The van der Waals surface area contributed by atoms with Crippen molar-refractivity contribution in [2.45, 2.75) is 0 Å². The molecular formula is C6H8MgO4. The highest BCUT2D eigenvalue weighted by atomic mass is 24.3. The summed E-state index contributed by atoms with van der Waals surface area (Å²) in [7, 11) is 0. The minimum Gasteiger partial charge on any atom is -0.478 e. The summed E-state index contributed by atoms with van der Waals surface area (Å²) in [5, 5.41) is 15.2. The number of carboxylic acid groups (broad SMARTS) is 2. The fourth-order valence-corrected chi connectivity index (χ4v) is 0.